The van der Waals surface area contributed by atoms with Gasteiger partial charge in [0.15, 0.2) is 12.4 Å². The smallest absolute Gasteiger partial charge is 0.295 e. The highest BCUT2D eigenvalue weighted by atomic mass is 35.5. The number of aromatic nitrogens is 3. The fourth-order valence-corrected chi connectivity index (χ4v) is 4.31. The van der Waals surface area contributed by atoms with E-state index in [1.54, 1.807) is 49.6 Å². The summed E-state index contributed by atoms with van der Waals surface area (Å²) in [5.41, 5.74) is 0.875. The maximum Gasteiger partial charge on any atom is 0.331 e. The average molecular weight is 490 g/mol. The number of pyridine rings is 1. The van der Waals surface area contributed by atoms with Gasteiger partial charge in [-0.25, -0.2) is 14.0 Å². The number of imide groups is 1. The highest BCUT2D eigenvalue weighted by molar-refractivity contribution is 6.53. The van der Waals surface area contributed by atoms with Crippen molar-refractivity contribution < 1.29 is 18.5 Å². The van der Waals surface area contributed by atoms with Gasteiger partial charge in [0.05, 0.1) is 16.9 Å². The van der Waals surface area contributed by atoms with Crippen molar-refractivity contribution in [2.45, 2.75) is 13.8 Å². The summed E-state index contributed by atoms with van der Waals surface area (Å²) in [4.78, 5) is 41.7. The predicted molar refractivity (Wildman–Crippen MR) is 130 cm³/mol. The molecule has 0 radical (unpaired) electrons. The lowest BCUT2D eigenvalue weighted by Crippen LogP contribution is -2.40. The molecular formula is C26H19ClFN4O3+. The van der Waals surface area contributed by atoms with Crippen LogP contribution in [0, 0.1) is 19.7 Å². The fourth-order valence-electron chi connectivity index (χ4n) is 4.18. The third kappa shape index (κ3) is 3.68. The second kappa shape index (κ2) is 8.48. The number of aromatic amines is 1. The summed E-state index contributed by atoms with van der Waals surface area (Å²) < 4.78 is 17.4. The van der Waals surface area contributed by atoms with E-state index in [0.717, 1.165) is 10.5 Å². The summed E-state index contributed by atoms with van der Waals surface area (Å²) in [6.07, 6.45) is 3.28. The molecule has 1 aliphatic heterocycles. The molecule has 0 bridgehead atoms. The van der Waals surface area contributed by atoms with E-state index < -0.39 is 23.2 Å². The fraction of sp³-hybridized carbons (Fsp3) is 0.0769. The number of para-hydroxylation sites is 1. The van der Waals surface area contributed by atoms with Crippen LogP contribution in [0.2, 0.25) is 5.02 Å². The van der Waals surface area contributed by atoms with Crippen molar-refractivity contribution in [1.82, 2.24) is 9.78 Å². The summed E-state index contributed by atoms with van der Waals surface area (Å²) in [7, 11) is 0. The van der Waals surface area contributed by atoms with E-state index in [9.17, 15) is 18.8 Å². The molecule has 2 aromatic carbocycles. The standard InChI is InChI=1S/C26H18ClFN4O3/c1-15-6-5-13-30(14-15)23-22(24(33)31(26(23)35)20-8-4-3-7-19(20)28)21-16(2)29-32(25(21)34)18-11-9-17(27)10-12-18/h3-14H,1-2H3/p+1. The number of rotatable bonds is 4. The number of carbonyl (C=O) groups is 2. The lowest BCUT2D eigenvalue weighted by Gasteiger charge is -2.14. The minimum Gasteiger partial charge on any atom is -0.295 e. The topological polar surface area (TPSA) is 79.1 Å². The number of hydrogen-bond donors (Lipinski definition) is 1. The van der Waals surface area contributed by atoms with Crippen LogP contribution in [0.15, 0.2) is 77.9 Å². The normalized spacial score (nSPS) is 13.8. The molecular weight excluding hydrogens is 471 g/mol. The second-order valence-corrected chi connectivity index (χ2v) is 8.57. The highest BCUT2D eigenvalue weighted by Crippen LogP contribution is 2.34. The zero-order valence-electron chi connectivity index (χ0n) is 18.8. The van der Waals surface area contributed by atoms with E-state index >= 15 is 0 Å². The Morgan fingerprint density at radius 1 is 0.914 bits per heavy atom. The monoisotopic (exact) mass is 489 g/mol. The molecule has 0 atom stereocenters. The molecule has 7 nitrogen and oxygen atoms in total. The van der Waals surface area contributed by atoms with E-state index in [4.69, 9.17) is 11.6 Å². The molecule has 35 heavy (non-hydrogen) atoms. The summed E-state index contributed by atoms with van der Waals surface area (Å²) >= 11 is 5.97. The van der Waals surface area contributed by atoms with Crippen molar-refractivity contribution in [3.63, 3.8) is 0 Å². The molecule has 0 spiro atoms. The highest BCUT2D eigenvalue weighted by Gasteiger charge is 2.48. The Balaban J connectivity index is 1.77. The first-order valence-electron chi connectivity index (χ1n) is 10.7. The van der Waals surface area contributed by atoms with E-state index in [2.05, 4.69) is 5.10 Å². The van der Waals surface area contributed by atoms with Gasteiger partial charge in [0, 0.05) is 22.3 Å². The quantitative estimate of drug-likeness (QED) is 0.350. The van der Waals surface area contributed by atoms with Crippen LogP contribution in [0.5, 0.6) is 0 Å². The number of H-pyrrole nitrogens is 1. The van der Waals surface area contributed by atoms with E-state index in [-0.39, 0.29) is 22.5 Å². The molecule has 4 aromatic rings. The van der Waals surface area contributed by atoms with Gasteiger partial charge in [0.1, 0.15) is 11.4 Å². The van der Waals surface area contributed by atoms with Crippen molar-refractivity contribution >= 4 is 40.4 Å². The zero-order valence-corrected chi connectivity index (χ0v) is 19.5. The minimum atomic E-state index is -0.786. The SMILES string of the molecule is Cc1ccc[n+](C2=C(c3c(C)[nH]n(-c4ccc(Cl)cc4)c3=O)C(=O)N(c3ccccc3F)C2=O)c1. The molecule has 0 fully saturated rings. The lowest BCUT2D eigenvalue weighted by molar-refractivity contribution is -0.577. The zero-order chi connectivity index (χ0) is 24.9. The number of anilines is 1. The van der Waals surface area contributed by atoms with E-state index in [1.165, 1.54) is 33.5 Å². The molecule has 5 rings (SSSR count). The summed E-state index contributed by atoms with van der Waals surface area (Å²) in [6.45, 7) is 3.47. The molecule has 9 heteroatoms. The van der Waals surface area contributed by atoms with Crippen LogP contribution in [-0.2, 0) is 9.59 Å². The number of nitrogens with zero attached hydrogens (tertiary/aromatic N) is 3. The first kappa shape index (κ1) is 22.5. The third-order valence-corrected chi connectivity index (χ3v) is 6.02. The van der Waals surface area contributed by atoms with Gasteiger partial charge in [-0.2, -0.15) is 4.57 Å². The summed E-state index contributed by atoms with van der Waals surface area (Å²) in [5, 5.41) is 3.47. The predicted octanol–water partition coefficient (Wildman–Crippen LogP) is 3.80. The van der Waals surface area contributed by atoms with Crippen molar-refractivity contribution in [3.05, 3.63) is 111 Å². The Kier molecular flexibility index (Phi) is 5.45. The van der Waals surface area contributed by atoms with Gasteiger partial charge in [-0.15, -0.1) is 0 Å². The van der Waals surface area contributed by atoms with Crippen LogP contribution in [-0.4, -0.2) is 21.6 Å². The third-order valence-electron chi connectivity index (χ3n) is 5.77. The molecule has 1 aliphatic rings. The Labute approximate surface area is 204 Å². The summed E-state index contributed by atoms with van der Waals surface area (Å²) in [6, 6.07) is 15.7. The summed E-state index contributed by atoms with van der Waals surface area (Å²) in [5.74, 6) is -2.25. The van der Waals surface area contributed by atoms with Crippen molar-refractivity contribution in [2.24, 2.45) is 0 Å². The molecule has 0 unspecified atom stereocenters. The van der Waals surface area contributed by atoms with Gasteiger partial charge >= 0.3 is 5.91 Å². The van der Waals surface area contributed by atoms with Gasteiger partial charge in [-0.3, -0.25) is 19.5 Å². The number of hydrogen-bond acceptors (Lipinski definition) is 3. The van der Waals surface area contributed by atoms with Crippen LogP contribution in [0.25, 0.3) is 17.0 Å². The number of aryl methyl sites for hydroxylation is 2. The second-order valence-electron chi connectivity index (χ2n) is 8.14. The van der Waals surface area contributed by atoms with Crippen LogP contribution >= 0.6 is 11.6 Å². The van der Waals surface area contributed by atoms with Crippen LogP contribution in [0.3, 0.4) is 0 Å². The Hall–Kier alpha value is -4.30. The van der Waals surface area contributed by atoms with Gasteiger partial charge in [-0.05, 0) is 56.3 Å². The first-order chi connectivity index (χ1) is 16.8. The Morgan fingerprint density at radius 3 is 2.31 bits per heavy atom. The number of nitrogens with one attached hydrogen (secondary N) is 1. The first-order valence-corrected chi connectivity index (χ1v) is 11.1. The molecule has 0 saturated heterocycles. The van der Waals surface area contributed by atoms with Crippen molar-refractivity contribution in [2.75, 3.05) is 4.90 Å². The maximum atomic E-state index is 14.7. The Bertz CT molecular complexity index is 1600. The van der Waals surface area contributed by atoms with Gasteiger partial charge in [0.2, 0.25) is 0 Å². The largest absolute Gasteiger partial charge is 0.331 e. The maximum absolute atomic E-state index is 14.7. The average Bonchev–Trinajstić information content (AvgIpc) is 3.26. The van der Waals surface area contributed by atoms with Crippen LogP contribution in [0.4, 0.5) is 10.1 Å². The number of halogens is 2. The molecule has 0 aliphatic carbocycles. The molecule has 2 aromatic heterocycles. The van der Waals surface area contributed by atoms with Gasteiger partial charge < -0.3 is 0 Å². The van der Waals surface area contributed by atoms with Gasteiger partial charge in [-0.1, -0.05) is 23.7 Å². The van der Waals surface area contributed by atoms with E-state index in [0.29, 0.717) is 16.4 Å². The molecule has 0 saturated carbocycles. The number of benzene rings is 2. The van der Waals surface area contributed by atoms with Gasteiger partial charge in [0.25, 0.3) is 17.2 Å². The number of carbonyl (C=O) groups excluding carboxylic acids is 2. The lowest BCUT2D eigenvalue weighted by atomic mass is 10.1. The molecule has 1 N–H and O–H groups in total. The van der Waals surface area contributed by atoms with Crippen molar-refractivity contribution in [1.29, 1.82) is 0 Å². The Morgan fingerprint density at radius 2 is 1.63 bits per heavy atom. The molecule has 2 amide bonds. The van der Waals surface area contributed by atoms with Crippen LogP contribution < -0.4 is 15.0 Å². The number of amides is 2. The molecule has 3 heterocycles. The van der Waals surface area contributed by atoms with Crippen LogP contribution in [0.1, 0.15) is 16.8 Å². The minimum absolute atomic E-state index is 0.0288. The van der Waals surface area contributed by atoms with E-state index in [1.807, 2.05) is 13.0 Å². The molecule has 174 valence electrons. The van der Waals surface area contributed by atoms with Crippen molar-refractivity contribution in [3.8, 4) is 5.69 Å².